The lowest BCUT2D eigenvalue weighted by Crippen LogP contribution is -2.68. The highest BCUT2D eigenvalue weighted by Crippen LogP contribution is 2.61. The molecule has 2 saturated heterocycles. The Morgan fingerprint density at radius 1 is 0.625 bits per heavy atom. The van der Waals surface area contributed by atoms with Crippen molar-refractivity contribution in [3.05, 3.63) is 104 Å². The average molecular weight is 1090 g/mol. The normalized spacial score (nSPS) is 26.3. The lowest BCUT2D eigenvalue weighted by atomic mass is 9.71. The van der Waals surface area contributed by atoms with Gasteiger partial charge in [-0.25, -0.2) is 0 Å². The highest BCUT2D eigenvalue weighted by atomic mass is 16.7. The van der Waals surface area contributed by atoms with Gasteiger partial charge >= 0.3 is 0 Å². The van der Waals surface area contributed by atoms with E-state index in [1.54, 1.807) is 26.4 Å². The number of phenolic OH excluding ortho intramolecular Hbond substituents is 1. The van der Waals surface area contributed by atoms with Crippen LogP contribution in [-0.4, -0.2) is 134 Å². The largest absolute Gasteiger partial charge is 0.507 e. The van der Waals surface area contributed by atoms with Gasteiger partial charge in [0.25, 0.3) is 0 Å². The van der Waals surface area contributed by atoms with Crippen LogP contribution in [0.3, 0.4) is 0 Å². The zero-order chi connectivity index (χ0) is 56.6. The number of nitrogens with zero attached hydrogens (tertiary/aromatic N) is 6. The van der Waals surface area contributed by atoms with Gasteiger partial charge in [-0.2, -0.15) is 10.5 Å². The summed E-state index contributed by atoms with van der Waals surface area (Å²) in [7, 11) is 7.58. The van der Waals surface area contributed by atoms with Crippen molar-refractivity contribution in [1.29, 1.82) is 10.5 Å². The maximum atomic E-state index is 11.3. The van der Waals surface area contributed by atoms with Crippen LogP contribution in [-0.2, 0) is 25.7 Å². The lowest BCUT2D eigenvalue weighted by Gasteiger charge is -2.60. The third kappa shape index (κ3) is 8.24. The van der Waals surface area contributed by atoms with Crippen molar-refractivity contribution < 1.29 is 52.8 Å². The van der Waals surface area contributed by atoms with Gasteiger partial charge in [0.15, 0.2) is 46.0 Å². The highest BCUT2D eigenvalue weighted by Gasteiger charge is 2.59. The predicted molar refractivity (Wildman–Crippen MR) is 300 cm³/mol. The van der Waals surface area contributed by atoms with Crippen LogP contribution < -0.4 is 42.6 Å². The Morgan fingerprint density at radius 3 is 1.56 bits per heavy atom. The molecule has 8 aliphatic heterocycles. The molecule has 4 aromatic carbocycles. The third-order valence-electron chi connectivity index (χ3n) is 18.5. The molecule has 0 radical (unpaired) electrons. The van der Waals surface area contributed by atoms with Crippen molar-refractivity contribution in [2.75, 3.05) is 68.3 Å². The minimum absolute atomic E-state index is 0.00548. The SMILES string of the molecule is C=CCOc1c(OC)c(C)cc2c1C1[C@@H]3Cc4c(O)c(C)c5c(c4[C@H](CO)N3[C@@H](C#N)[C@H](C2)N1C)OCO5.C=CCOc1c(OC)c(C)cc2c1C1[C@@H]3Cc4c(OCCCC)c(C)c5c(c4[C@H](CC)N3[C@@H](C#N)[C@H](C2)N1C)OCO5. The smallest absolute Gasteiger partial charge is 0.231 e. The van der Waals surface area contributed by atoms with E-state index in [4.69, 9.17) is 42.6 Å². The van der Waals surface area contributed by atoms with Gasteiger partial charge in [-0.1, -0.05) is 57.7 Å². The van der Waals surface area contributed by atoms with Gasteiger partial charge in [0.2, 0.25) is 13.6 Å². The number of hydrogen-bond acceptors (Lipinski definition) is 17. The number of nitriles is 2. The number of ether oxygens (including phenoxy) is 9. The molecule has 0 spiro atoms. The van der Waals surface area contributed by atoms with Crippen molar-refractivity contribution in [2.24, 2.45) is 0 Å². The summed E-state index contributed by atoms with van der Waals surface area (Å²) in [6, 6.07) is 7.91. The van der Waals surface area contributed by atoms with E-state index in [9.17, 15) is 20.7 Å². The van der Waals surface area contributed by atoms with E-state index in [1.807, 2.05) is 13.8 Å². The number of fused-ring (bicyclic) bond motifs is 18. The Morgan fingerprint density at radius 2 is 1.10 bits per heavy atom. The fourth-order valence-electron chi connectivity index (χ4n) is 15.3. The van der Waals surface area contributed by atoms with Crippen molar-refractivity contribution in [1.82, 2.24) is 19.6 Å². The van der Waals surface area contributed by atoms with Gasteiger partial charge in [0, 0.05) is 74.7 Å². The second-order valence-electron chi connectivity index (χ2n) is 22.5. The number of aliphatic hydroxyl groups is 1. The maximum absolute atomic E-state index is 11.3. The maximum Gasteiger partial charge on any atom is 0.231 e. The summed E-state index contributed by atoms with van der Waals surface area (Å²) in [4.78, 5) is 9.31. The number of hydrogen-bond donors (Lipinski definition) is 2. The molecule has 10 atom stereocenters. The Labute approximate surface area is 470 Å². The minimum atomic E-state index is -0.541. The summed E-state index contributed by atoms with van der Waals surface area (Å²) < 4.78 is 54.8. The molecule has 2 unspecified atom stereocenters. The Bertz CT molecular complexity index is 3220. The van der Waals surface area contributed by atoms with Crippen LogP contribution in [0.25, 0.3) is 0 Å². The van der Waals surface area contributed by atoms with Gasteiger partial charge in [-0.05, 0) is 103 Å². The van der Waals surface area contributed by atoms with Gasteiger partial charge in [-0.3, -0.25) is 19.6 Å². The molecule has 80 heavy (non-hydrogen) atoms. The quantitative estimate of drug-likeness (QED) is 0.0900. The fraction of sp³-hybridized carbons (Fsp3) is 0.524. The number of aromatic hydroxyl groups is 1. The first-order chi connectivity index (χ1) is 38.8. The predicted octanol–water partition coefficient (Wildman–Crippen LogP) is 9.04. The summed E-state index contributed by atoms with van der Waals surface area (Å²) in [5, 5.41) is 43.4. The lowest BCUT2D eigenvalue weighted by molar-refractivity contribution is -0.0826. The number of aliphatic hydroxyl groups excluding tert-OH is 1. The standard InChI is InChI=1S/C34H43N3O5.C29H33N3O6/c1-8-11-13-40-31-20(5)32-34(42-18-41-32)28-22(31)16-25-29-27-21(14-19(4)30(38-7)33(27)39-12-9-2)15-24(36(29)6)26(17-35)37(25)23(28)10-3;1-6-7-36-28-22-16(8-14(2)26(28)35-5)9-18-20(11-30)32-19(24(22)31(18)4)10-17-23(21(32)12-33)29-27(37-13-38-29)15(3)25(17)34/h9,14,23-26,29H,2,8,10-13,15-16,18H2,1,3-7H3;6,8,18-21,24,33-34H,1,7,9-10,12-13H2,2-5H3/t23-,24-,25-,26-,29?;18-,19-,20-,21-,24?/m00/s1. The zero-order valence-electron chi connectivity index (χ0n) is 47.9. The monoisotopic (exact) mass is 1090 g/mol. The van der Waals surface area contributed by atoms with Crippen LogP contribution in [0, 0.1) is 50.4 Å². The molecule has 12 rings (SSSR count). The Balaban J connectivity index is 0.000000170. The minimum Gasteiger partial charge on any atom is -0.507 e. The first-order valence-electron chi connectivity index (χ1n) is 28.3. The summed E-state index contributed by atoms with van der Waals surface area (Å²) >= 11 is 0. The first kappa shape index (κ1) is 55.1. The molecule has 424 valence electrons. The molecular weight excluding hydrogens is 1020 g/mol. The fourth-order valence-corrected chi connectivity index (χ4v) is 15.3. The van der Waals surface area contributed by atoms with E-state index in [-0.39, 0.29) is 74.3 Å². The second-order valence-corrected chi connectivity index (χ2v) is 22.5. The van der Waals surface area contributed by atoms with E-state index >= 15 is 0 Å². The van der Waals surface area contributed by atoms with E-state index < -0.39 is 12.1 Å². The zero-order valence-corrected chi connectivity index (χ0v) is 47.9. The van der Waals surface area contributed by atoms with Crippen LogP contribution >= 0.6 is 0 Å². The number of rotatable bonds is 14. The molecule has 0 aromatic heterocycles. The molecule has 4 aromatic rings. The molecule has 0 amide bonds. The number of likely N-dealkylation sites (N-methyl/N-ethyl adjacent to an activating group) is 2. The molecule has 4 bridgehead atoms. The molecule has 17 heteroatoms. The Kier molecular flexibility index (Phi) is 15.1. The molecule has 2 N–H and O–H groups in total. The number of methoxy groups -OCH3 is 2. The van der Waals surface area contributed by atoms with Gasteiger partial charge < -0.3 is 52.8 Å². The average Bonchev–Trinajstić information content (AvgIpc) is 4.35. The third-order valence-corrected chi connectivity index (χ3v) is 18.5. The van der Waals surface area contributed by atoms with Crippen LogP contribution in [0.15, 0.2) is 37.4 Å². The molecular formula is C63H76N6O11. The van der Waals surface area contributed by atoms with E-state index in [0.717, 1.165) is 105 Å². The number of phenols is 1. The summed E-state index contributed by atoms with van der Waals surface area (Å²) in [5.74, 6) is 6.67. The van der Waals surface area contributed by atoms with Crippen LogP contribution in [0.1, 0.15) is 124 Å². The van der Waals surface area contributed by atoms with Gasteiger partial charge in [0.05, 0.1) is 57.7 Å². The van der Waals surface area contributed by atoms with E-state index in [2.05, 4.69) is 98.8 Å². The van der Waals surface area contributed by atoms with Gasteiger partial charge in [0.1, 0.15) is 36.8 Å². The van der Waals surface area contributed by atoms with E-state index in [1.165, 1.54) is 11.1 Å². The summed E-state index contributed by atoms with van der Waals surface area (Å²) in [6.45, 7) is 21.5. The van der Waals surface area contributed by atoms with Crippen molar-refractivity contribution in [3.63, 3.8) is 0 Å². The molecule has 0 aliphatic carbocycles. The van der Waals surface area contributed by atoms with Crippen LogP contribution in [0.2, 0.25) is 0 Å². The number of unbranched alkanes of at least 4 members (excludes halogenated alkanes) is 1. The number of piperazine rings is 2. The molecule has 2 fully saturated rings. The number of aryl methyl sites for hydroxylation is 2. The van der Waals surface area contributed by atoms with Gasteiger partial charge in [-0.15, -0.1) is 0 Å². The first-order valence-corrected chi connectivity index (χ1v) is 28.3. The second kappa shape index (κ2) is 21.9. The Hall–Kier alpha value is -6.86. The van der Waals surface area contributed by atoms with E-state index in [0.29, 0.717) is 66.8 Å². The molecule has 8 heterocycles. The molecule has 17 nitrogen and oxygen atoms in total. The number of benzene rings is 4. The van der Waals surface area contributed by atoms with Crippen molar-refractivity contribution in [3.8, 4) is 69.6 Å². The topological polar surface area (TPSA) is 184 Å². The van der Waals surface area contributed by atoms with Crippen molar-refractivity contribution >= 4 is 0 Å². The van der Waals surface area contributed by atoms with Crippen molar-refractivity contribution in [2.45, 2.75) is 147 Å². The summed E-state index contributed by atoms with van der Waals surface area (Å²) in [5.41, 5.74) is 11.9. The molecule has 8 aliphatic rings. The summed E-state index contributed by atoms with van der Waals surface area (Å²) in [6.07, 6.45) is 8.97. The molecule has 0 saturated carbocycles. The van der Waals surface area contributed by atoms with Crippen LogP contribution in [0.5, 0.6) is 57.5 Å². The van der Waals surface area contributed by atoms with Crippen LogP contribution in [0.4, 0.5) is 0 Å². The highest BCUT2D eigenvalue weighted by molar-refractivity contribution is 5.68.